The van der Waals surface area contributed by atoms with Gasteiger partial charge in [0.1, 0.15) is 0 Å². The van der Waals surface area contributed by atoms with E-state index in [-0.39, 0.29) is 19.0 Å². The summed E-state index contributed by atoms with van der Waals surface area (Å²) < 4.78 is 40.8. The Bertz CT molecular complexity index is 742. The average Bonchev–Trinajstić information content (AvgIpc) is 3.02. The maximum atomic E-state index is 13.1. The molecule has 3 rings (SSSR count). The van der Waals surface area contributed by atoms with Gasteiger partial charge >= 0.3 is 6.18 Å². The van der Waals surface area contributed by atoms with E-state index in [1.807, 2.05) is 6.92 Å². The number of likely N-dealkylation sites (tertiary alicyclic amines) is 1. The zero-order valence-corrected chi connectivity index (χ0v) is 12.6. The quantitative estimate of drug-likeness (QED) is 0.912. The minimum Gasteiger partial charge on any atom is -0.305 e. The van der Waals surface area contributed by atoms with E-state index in [9.17, 15) is 18.0 Å². The van der Waals surface area contributed by atoms with Gasteiger partial charge in [-0.3, -0.25) is 14.5 Å². The first-order valence-electron chi connectivity index (χ1n) is 7.13. The fourth-order valence-corrected chi connectivity index (χ4v) is 2.88. The Morgan fingerprint density at radius 3 is 2.78 bits per heavy atom. The van der Waals surface area contributed by atoms with Crippen molar-refractivity contribution < 1.29 is 18.0 Å². The molecule has 0 unspecified atom stereocenters. The van der Waals surface area contributed by atoms with Gasteiger partial charge in [-0.05, 0) is 31.7 Å². The van der Waals surface area contributed by atoms with Crippen molar-refractivity contribution in [1.82, 2.24) is 19.5 Å². The van der Waals surface area contributed by atoms with Crippen LogP contribution in [0.25, 0.3) is 5.65 Å². The van der Waals surface area contributed by atoms with Crippen molar-refractivity contribution in [2.75, 3.05) is 25.5 Å². The molecule has 0 spiro atoms. The van der Waals surface area contributed by atoms with Gasteiger partial charge in [-0.15, -0.1) is 10.2 Å². The van der Waals surface area contributed by atoms with Gasteiger partial charge < -0.3 is 4.90 Å². The lowest BCUT2D eigenvalue weighted by atomic mass is 9.95. The molecule has 0 bridgehead atoms. The van der Waals surface area contributed by atoms with Crippen LogP contribution < -0.4 is 5.32 Å². The molecule has 1 aliphatic rings. The van der Waals surface area contributed by atoms with Gasteiger partial charge in [-0.2, -0.15) is 13.2 Å². The van der Waals surface area contributed by atoms with Gasteiger partial charge in [-0.1, -0.05) is 0 Å². The molecule has 0 radical (unpaired) electrons. The van der Waals surface area contributed by atoms with Crippen molar-refractivity contribution in [2.45, 2.75) is 13.1 Å². The number of alkyl halides is 3. The Morgan fingerprint density at radius 1 is 1.35 bits per heavy atom. The Kier molecular flexibility index (Phi) is 3.75. The first kappa shape index (κ1) is 15.7. The van der Waals surface area contributed by atoms with E-state index in [2.05, 4.69) is 15.5 Å². The van der Waals surface area contributed by atoms with Crippen LogP contribution in [0.2, 0.25) is 0 Å². The zero-order chi connectivity index (χ0) is 16.8. The number of halogens is 3. The monoisotopic (exact) mass is 327 g/mol. The standard InChI is InChI=1S/C14H16F3N5O/c1-8-3-4-22-11(5-8)19-20-13(22)18-12(23)9-6-21(2)7-10(9)14(15,16)17/h3-5,9-10H,6-7H2,1-2H3,(H,18,20,23)/t9-,10-/m1/s1. The highest BCUT2D eigenvalue weighted by Gasteiger charge is 2.51. The second kappa shape index (κ2) is 5.48. The molecule has 2 aromatic rings. The minimum atomic E-state index is -4.41. The molecule has 2 aromatic heterocycles. The van der Waals surface area contributed by atoms with E-state index in [4.69, 9.17) is 0 Å². The second-order valence-corrected chi connectivity index (χ2v) is 5.92. The predicted molar refractivity (Wildman–Crippen MR) is 76.9 cm³/mol. The third kappa shape index (κ3) is 3.00. The molecule has 2 atom stereocenters. The molecule has 9 heteroatoms. The van der Waals surface area contributed by atoms with Crippen molar-refractivity contribution in [3.05, 3.63) is 23.9 Å². The number of nitrogens with zero attached hydrogens (tertiary/aromatic N) is 4. The Hall–Kier alpha value is -2.16. The van der Waals surface area contributed by atoms with E-state index in [0.717, 1.165) is 5.56 Å². The smallest absolute Gasteiger partial charge is 0.305 e. The highest BCUT2D eigenvalue weighted by Crippen LogP contribution is 2.37. The number of carbonyl (C=O) groups is 1. The molecule has 124 valence electrons. The molecule has 3 heterocycles. The molecule has 23 heavy (non-hydrogen) atoms. The SMILES string of the molecule is Cc1ccn2c(NC(=O)[C@@H]3CN(C)C[C@H]3C(F)(F)F)nnc2c1. The number of fused-ring (bicyclic) bond motifs is 1. The summed E-state index contributed by atoms with van der Waals surface area (Å²) in [6.07, 6.45) is -2.74. The van der Waals surface area contributed by atoms with Crippen molar-refractivity contribution in [3.8, 4) is 0 Å². The number of rotatable bonds is 2. The van der Waals surface area contributed by atoms with Crippen molar-refractivity contribution >= 4 is 17.5 Å². The fraction of sp³-hybridized carbons (Fsp3) is 0.500. The number of pyridine rings is 1. The number of nitrogens with one attached hydrogen (secondary N) is 1. The lowest BCUT2D eigenvalue weighted by Crippen LogP contribution is -2.37. The summed E-state index contributed by atoms with van der Waals surface area (Å²) in [5.41, 5.74) is 1.49. The molecule has 0 saturated carbocycles. The van der Waals surface area contributed by atoms with Gasteiger partial charge in [-0.25, -0.2) is 0 Å². The number of aryl methyl sites for hydroxylation is 1. The minimum absolute atomic E-state index is 0.0614. The molecule has 1 aliphatic heterocycles. The van der Waals surface area contributed by atoms with Crippen LogP contribution in [0.3, 0.4) is 0 Å². The molecule has 1 amide bonds. The summed E-state index contributed by atoms with van der Waals surface area (Å²) in [4.78, 5) is 13.8. The topological polar surface area (TPSA) is 62.5 Å². The van der Waals surface area contributed by atoms with E-state index in [0.29, 0.717) is 5.65 Å². The van der Waals surface area contributed by atoms with Crippen LogP contribution in [-0.2, 0) is 4.79 Å². The van der Waals surface area contributed by atoms with Gasteiger partial charge in [0, 0.05) is 19.3 Å². The summed E-state index contributed by atoms with van der Waals surface area (Å²) in [7, 11) is 1.57. The summed E-state index contributed by atoms with van der Waals surface area (Å²) in [6.45, 7) is 1.77. The molecular weight excluding hydrogens is 311 g/mol. The molecule has 0 aliphatic carbocycles. The Morgan fingerprint density at radius 2 is 2.09 bits per heavy atom. The predicted octanol–water partition coefficient (Wildman–Crippen LogP) is 1.72. The van der Waals surface area contributed by atoms with Crippen molar-refractivity contribution in [2.24, 2.45) is 11.8 Å². The van der Waals surface area contributed by atoms with E-state index >= 15 is 0 Å². The Labute approximate surface area is 130 Å². The third-order valence-electron chi connectivity index (χ3n) is 4.06. The number of hydrogen-bond donors (Lipinski definition) is 1. The lowest BCUT2D eigenvalue weighted by Gasteiger charge is -2.20. The summed E-state index contributed by atoms with van der Waals surface area (Å²) in [5, 5.41) is 10.2. The second-order valence-electron chi connectivity index (χ2n) is 5.92. The zero-order valence-electron chi connectivity index (χ0n) is 12.6. The van der Waals surface area contributed by atoms with Gasteiger partial charge in [0.25, 0.3) is 0 Å². The number of aromatic nitrogens is 3. The maximum Gasteiger partial charge on any atom is 0.393 e. The number of anilines is 1. The lowest BCUT2D eigenvalue weighted by molar-refractivity contribution is -0.182. The first-order valence-corrected chi connectivity index (χ1v) is 7.13. The Balaban J connectivity index is 1.82. The maximum absolute atomic E-state index is 13.1. The van der Waals surface area contributed by atoms with Gasteiger partial charge in [0.05, 0.1) is 11.8 Å². The van der Waals surface area contributed by atoms with Crippen LogP contribution in [0.5, 0.6) is 0 Å². The molecular formula is C14H16F3N5O. The van der Waals surface area contributed by atoms with Crippen LogP contribution >= 0.6 is 0 Å². The van der Waals surface area contributed by atoms with Crippen LogP contribution in [0, 0.1) is 18.8 Å². The van der Waals surface area contributed by atoms with Crippen molar-refractivity contribution in [3.63, 3.8) is 0 Å². The summed E-state index contributed by atoms with van der Waals surface area (Å²) in [5.74, 6) is -3.39. The summed E-state index contributed by atoms with van der Waals surface area (Å²) >= 11 is 0. The van der Waals surface area contributed by atoms with E-state index in [1.54, 1.807) is 25.4 Å². The molecule has 1 saturated heterocycles. The first-order chi connectivity index (χ1) is 10.8. The number of amides is 1. The highest BCUT2D eigenvalue weighted by molar-refractivity contribution is 5.92. The highest BCUT2D eigenvalue weighted by atomic mass is 19.4. The van der Waals surface area contributed by atoms with Gasteiger partial charge in [0.2, 0.25) is 11.9 Å². The fourth-order valence-electron chi connectivity index (χ4n) is 2.88. The third-order valence-corrected chi connectivity index (χ3v) is 4.06. The number of carbonyl (C=O) groups excluding carboxylic acids is 1. The van der Waals surface area contributed by atoms with Gasteiger partial charge in [0.15, 0.2) is 5.65 Å². The van der Waals surface area contributed by atoms with Crippen LogP contribution in [0.1, 0.15) is 5.56 Å². The number of hydrogen-bond acceptors (Lipinski definition) is 4. The average molecular weight is 327 g/mol. The molecule has 1 fully saturated rings. The van der Waals surface area contributed by atoms with Crippen molar-refractivity contribution in [1.29, 1.82) is 0 Å². The molecule has 6 nitrogen and oxygen atoms in total. The summed E-state index contributed by atoms with van der Waals surface area (Å²) in [6, 6.07) is 3.57. The molecule has 0 aromatic carbocycles. The van der Waals surface area contributed by atoms with E-state index in [1.165, 1.54) is 9.30 Å². The van der Waals surface area contributed by atoms with Crippen LogP contribution in [-0.4, -0.2) is 51.7 Å². The van der Waals surface area contributed by atoms with E-state index < -0.39 is 23.9 Å². The largest absolute Gasteiger partial charge is 0.393 e. The van der Waals surface area contributed by atoms with Crippen LogP contribution in [0.15, 0.2) is 18.3 Å². The molecule has 1 N–H and O–H groups in total. The van der Waals surface area contributed by atoms with Crippen LogP contribution in [0.4, 0.5) is 19.1 Å². The normalized spacial score (nSPS) is 22.7.